The number of rotatable bonds is 4. The monoisotopic (exact) mass is 576 g/mol. The molecule has 2 aromatic rings. The number of amides is 4. The zero-order valence-electron chi connectivity index (χ0n) is 25.0. The molecule has 4 amide bonds. The summed E-state index contributed by atoms with van der Waals surface area (Å²) in [5, 5.41) is 0. The molecule has 42 heavy (non-hydrogen) atoms. The molecule has 0 radical (unpaired) electrons. The second kappa shape index (κ2) is 18.0. The van der Waals surface area contributed by atoms with Gasteiger partial charge in [0, 0.05) is 48.4 Å². The van der Waals surface area contributed by atoms with Crippen LogP contribution >= 0.6 is 0 Å². The summed E-state index contributed by atoms with van der Waals surface area (Å²) in [5.74, 6) is -0.811. The number of hydrogen-bond donors (Lipinski definition) is 2. The van der Waals surface area contributed by atoms with Crippen LogP contribution in [0.2, 0.25) is 0 Å². The maximum atomic E-state index is 12.8. The van der Waals surface area contributed by atoms with Gasteiger partial charge in [-0.25, -0.2) is 0 Å². The van der Waals surface area contributed by atoms with Crippen molar-refractivity contribution < 1.29 is 19.2 Å². The van der Waals surface area contributed by atoms with Gasteiger partial charge in [-0.15, -0.1) is 0 Å². The van der Waals surface area contributed by atoms with Crippen molar-refractivity contribution in [1.82, 2.24) is 9.80 Å². The molecule has 0 atom stereocenters. The van der Waals surface area contributed by atoms with Crippen LogP contribution in [0.15, 0.2) is 48.5 Å². The zero-order chi connectivity index (χ0) is 30.2. The molecule has 0 bridgehead atoms. The molecule has 2 aliphatic heterocycles. The first-order valence-corrected chi connectivity index (χ1v) is 15.7. The van der Waals surface area contributed by atoms with Crippen LogP contribution < -0.4 is 11.5 Å². The van der Waals surface area contributed by atoms with Gasteiger partial charge in [0.2, 0.25) is 11.8 Å². The molecule has 4 N–H and O–H groups in total. The molecule has 0 spiro atoms. The highest BCUT2D eigenvalue weighted by Crippen LogP contribution is 2.16. The lowest BCUT2D eigenvalue weighted by molar-refractivity contribution is 0.0745. The van der Waals surface area contributed by atoms with Crippen molar-refractivity contribution >= 4 is 23.6 Å². The Balaban J connectivity index is 0.000000240. The summed E-state index contributed by atoms with van der Waals surface area (Å²) in [5.41, 5.74) is 12.6. The van der Waals surface area contributed by atoms with E-state index >= 15 is 0 Å². The molecule has 0 saturated carbocycles. The van der Waals surface area contributed by atoms with Gasteiger partial charge in [0.05, 0.1) is 0 Å². The second-order valence-electron chi connectivity index (χ2n) is 11.4. The van der Waals surface area contributed by atoms with E-state index in [9.17, 15) is 19.2 Å². The molecule has 2 heterocycles. The van der Waals surface area contributed by atoms with Crippen molar-refractivity contribution in [3.05, 3.63) is 70.8 Å². The quantitative estimate of drug-likeness (QED) is 0.467. The number of hydrogen-bond acceptors (Lipinski definition) is 4. The first-order chi connectivity index (χ1) is 20.4. The number of likely N-dealkylation sites (tertiary alicyclic amines) is 1. The lowest BCUT2D eigenvalue weighted by Crippen LogP contribution is -2.33. The van der Waals surface area contributed by atoms with Crippen LogP contribution in [0.4, 0.5) is 0 Å². The summed E-state index contributed by atoms with van der Waals surface area (Å²) in [6.45, 7) is 3.32. The van der Waals surface area contributed by atoms with Crippen molar-refractivity contribution in [3.63, 3.8) is 0 Å². The van der Waals surface area contributed by atoms with Crippen LogP contribution in [0.25, 0.3) is 0 Å². The number of carbonyl (C=O) groups excluding carboxylic acids is 4. The van der Waals surface area contributed by atoms with E-state index in [1.165, 1.54) is 64.2 Å². The molecule has 0 aliphatic carbocycles. The third kappa shape index (κ3) is 11.0. The van der Waals surface area contributed by atoms with E-state index in [-0.39, 0.29) is 11.8 Å². The highest BCUT2D eigenvalue weighted by Gasteiger charge is 2.18. The first kappa shape index (κ1) is 32.8. The summed E-state index contributed by atoms with van der Waals surface area (Å²) in [6.07, 6.45) is 17.0. The minimum absolute atomic E-state index is 0.0490. The number of nitrogens with two attached hydrogens (primary N) is 2. The minimum atomic E-state index is -0.469. The third-order valence-electron chi connectivity index (χ3n) is 8.12. The normalized spacial score (nSPS) is 17.2. The Bertz CT molecular complexity index is 1130. The van der Waals surface area contributed by atoms with Gasteiger partial charge in [-0.1, -0.05) is 64.2 Å². The largest absolute Gasteiger partial charge is 0.366 e. The van der Waals surface area contributed by atoms with Gasteiger partial charge in [0.15, 0.2) is 0 Å². The van der Waals surface area contributed by atoms with Crippen LogP contribution in [-0.2, 0) is 0 Å². The molecular formula is C34H48N4O4. The predicted molar refractivity (Wildman–Crippen MR) is 166 cm³/mol. The SMILES string of the molecule is NC(=O)c1ccc(C(=O)N2CCCCCC2)cc1.NC(=O)c1ccc(C(=O)N2CCCCCCCCCCCC2)cc1. The average molecular weight is 577 g/mol. The van der Waals surface area contributed by atoms with Crippen LogP contribution in [0.3, 0.4) is 0 Å². The fraction of sp³-hybridized carbons (Fsp3) is 0.529. The van der Waals surface area contributed by atoms with E-state index < -0.39 is 11.8 Å². The molecule has 4 rings (SSSR count). The van der Waals surface area contributed by atoms with Gasteiger partial charge in [-0.05, 0) is 74.2 Å². The Labute approximate surface area is 250 Å². The van der Waals surface area contributed by atoms with Gasteiger partial charge in [-0.2, -0.15) is 0 Å². The maximum absolute atomic E-state index is 12.8. The Morgan fingerprint density at radius 2 is 0.595 bits per heavy atom. The Hall–Kier alpha value is -3.68. The molecule has 8 nitrogen and oxygen atoms in total. The highest BCUT2D eigenvalue weighted by atomic mass is 16.2. The molecule has 0 unspecified atom stereocenters. The van der Waals surface area contributed by atoms with Gasteiger partial charge in [0.25, 0.3) is 11.8 Å². The molecule has 228 valence electrons. The third-order valence-corrected chi connectivity index (χ3v) is 8.12. The number of benzene rings is 2. The predicted octanol–water partition coefficient (Wildman–Crippen LogP) is 5.94. The summed E-state index contributed by atoms with van der Waals surface area (Å²) >= 11 is 0. The number of nitrogens with zero attached hydrogens (tertiary/aromatic N) is 2. The molecule has 0 aromatic heterocycles. The van der Waals surface area contributed by atoms with Crippen molar-refractivity contribution in [2.75, 3.05) is 26.2 Å². The Kier molecular flexibility index (Phi) is 14.1. The standard InChI is InChI=1S/C20H30N2O2.C14H18N2O2/c21-19(23)17-11-13-18(14-12-17)20(24)22-15-9-7-5-3-1-2-4-6-8-10-16-22;15-13(17)11-5-7-12(8-6-11)14(18)16-9-3-1-2-4-10-16/h11-14H,1-10,15-16H2,(H2,21,23);5-8H,1-4,9-10H2,(H2,15,17). The lowest BCUT2D eigenvalue weighted by atomic mass is 10.1. The Morgan fingerprint density at radius 1 is 0.381 bits per heavy atom. The molecule has 8 heteroatoms. The lowest BCUT2D eigenvalue weighted by Gasteiger charge is -2.23. The molecule has 2 saturated heterocycles. The van der Waals surface area contributed by atoms with Crippen LogP contribution in [0.1, 0.15) is 131 Å². The van der Waals surface area contributed by atoms with E-state index in [1.54, 1.807) is 48.5 Å². The second-order valence-corrected chi connectivity index (χ2v) is 11.4. The minimum Gasteiger partial charge on any atom is -0.366 e. The van der Waals surface area contributed by atoms with Crippen molar-refractivity contribution in [2.24, 2.45) is 11.5 Å². The van der Waals surface area contributed by atoms with Gasteiger partial charge < -0.3 is 21.3 Å². The van der Waals surface area contributed by atoms with Crippen LogP contribution in [0.5, 0.6) is 0 Å². The number of carbonyl (C=O) groups is 4. The fourth-order valence-electron chi connectivity index (χ4n) is 5.53. The summed E-state index contributed by atoms with van der Waals surface area (Å²) in [7, 11) is 0. The van der Waals surface area contributed by atoms with Gasteiger partial charge in [0.1, 0.15) is 0 Å². The molecule has 2 aromatic carbocycles. The van der Waals surface area contributed by atoms with E-state index in [0.717, 1.165) is 51.9 Å². The topological polar surface area (TPSA) is 127 Å². The molecule has 2 fully saturated rings. The Morgan fingerprint density at radius 3 is 0.833 bits per heavy atom. The zero-order valence-corrected chi connectivity index (χ0v) is 25.0. The van der Waals surface area contributed by atoms with E-state index in [1.807, 2.05) is 9.80 Å². The molecule has 2 aliphatic rings. The summed E-state index contributed by atoms with van der Waals surface area (Å²) in [4.78, 5) is 51.0. The van der Waals surface area contributed by atoms with Gasteiger partial charge in [-0.3, -0.25) is 19.2 Å². The smallest absolute Gasteiger partial charge is 0.253 e. The highest BCUT2D eigenvalue weighted by molar-refractivity contribution is 5.98. The first-order valence-electron chi connectivity index (χ1n) is 15.7. The van der Waals surface area contributed by atoms with Gasteiger partial charge >= 0.3 is 0 Å². The van der Waals surface area contributed by atoms with E-state index in [0.29, 0.717) is 22.3 Å². The van der Waals surface area contributed by atoms with Crippen LogP contribution in [-0.4, -0.2) is 59.6 Å². The van der Waals surface area contributed by atoms with Crippen molar-refractivity contribution in [2.45, 2.75) is 89.9 Å². The maximum Gasteiger partial charge on any atom is 0.253 e. The fourth-order valence-corrected chi connectivity index (χ4v) is 5.53. The van der Waals surface area contributed by atoms with E-state index in [4.69, 9.17) is 11.5 Å². The van der Waals surface area contributed by atoms with Crippen LogP contribution in [0, 0.1) is 0 Å². The van der Waals surface area contributed by atoms with Crippen molar-refractivity contribution in [3.8, 4) is 0 Å². The van der Waals surface area contributed by atoms with E-state index in [2.05, 4.69) is 0 Å². The average Bonchev–Trinajstić information content (AvgIpc) is 3.28. The van der Waals surface area contributed by atoms with Crippen molar-refractivity contribution in [1.29, 1.82) is 0 Å². The summed E-state index contributed by atoms with van der Waals surface area (Å²) < 4.78 is 0. The summed E-state index contributed by atoms with van der Waals surface area (Å²) in [6, 6.07) is 13.3. The number of primary amides is 2. The molecular weight excluding hydrogens is 528 g/mol.